The van der Waals surface area contributed by atoms with E-state index < -0.39 is 5.41 Å². The van der Waals surface area contributed by atoms with Crippen molar-refractivity contribution in [3.05, 3.63) is 29.8 Å². The topological polar surface area (TPSA) is 67.8 Å². The van der Waals surface area contributed by atoms with Gasteiger partial charge in [0.25, 0.3) is 5.91 Å². The van der Waals surface area contributed by atoms with Gasteiger partial charge >= 0.3 is 0 Å². The average Bonchev–Trinajstić information content (AvgIpc) is 2.43. The number of hydrogen-bond donors (Lipinski definition) is 1. The maximum absolute atomic E-state index is 11.9. The van der Waals surface area contributed by atoms with Crippen LogP contribution in [0.2, 0.25) is 0 Å². The normalized spacial score (nSPS) is 12.0. The van der Waals surface area contributed by atoms with Crippen molar-refractivity contribution in [2.75, 3.05) is 7.11 Å². The zero-order chi connectivity index (χ0) is 16.0. The Balaban J connectivity index is 2.62. The van der Waals surface area contributed by atoms with Gasteiger partial charge in [-0.3, -0.25) is 9.59 Å². The van der Waals surface area contributed by atoms with Crippen molar-refractivity contribution in [3.63, 3.8) is 0 Å². The molecule has 0 spiro atoms. The molecule has 0 unspecified atom stereocenters. The van der Waals surface area contributed by atoms with Gasteiger partial charge in [0.15, 0.2) is 0 Å². The number of Topliss-reactive ketones (excluding diaryl/α,β-unsaturated/α-hetero) is 1. The molecule has 0 saturated carbocycles. The number of nitrogens with one attached hydrogen (secondary N) is 1. The van der Waals surface area contributed by atoms with Crippen molar-refractivity contribution in [1.29, 1.82) is 0 Å². The Morgan fingerprint density at radius 3 is 2.24 bits per heavy atom. The second-order valence-electron chi connectivity index (χ2n) is 5.87. The summed E-state index contributed by atoms with van der Waals surface area (Å²) < 4.78 is 5.03. The molecule has 21 heavy (non-hydrogen) atoms. The summed E-state index contributed by atoms with van der Waals surface area (Å²) in [5.41, 5.74) is 3.10. The van der Waals surface area contributed by atoms with E-state index in [0.29, 0.717) is 17.0 Å². The lowest BCUT2D eigenvalue weighted by Crippen LogP contribution is -2.24. The lowest BCUT2D eigenvalue weighted by atomic mass is 9.88. The third kappa shape index (κ3) is 5.38. The molecule has 1 aromatic carbocycles. The van der Waals surface area contributed by atoms with Crippen molar-refractivity contribution in [2.45, 2.75) is 34.1 Å². The van der Waals surface area contributed by atoms with Crippen LogP contribution in [-0.2, 0) is 4.79 Å². The first-order valence-electron chi connectivity index (χ1n) is 6.75. The first-order chi connectivity index (χ1) is 9.74. The fourth-order valence-corrected chi connectivity index (χ4v) is 1.49. The summed E-state index contributed by atoms with van der Waals surface area (Å²) >= 11 is 0. The Bertz CT molecular complexity index is 540. The highest BCUT2D eigenvalue weighted by Crippen LogP contribution is 2.16. The van der Waals surface area contributed by atoms with Crippen LogP contribution in [0.4, 0.5) is 0 Å². The number of carbonyl (C=O) groups is 2. The molecule has 0 radical (unpaired) electrons. The van der Waals surface area contributed by atoms with Crippen molar-refractivity contribution in [2.24, 2.45) is 10.5 Å². The number of methoxy groups -OCH3 is 1. The molecule has 1 amide bonds. The summed E-state index contributed by atoms with van der Waals surface area (Å²) in [6.07, 6.45) is 0.229. The predicted octanol–water partition coefficient (Wildman–Crippen LogP) is 2.81. The van der Waals surface area contributed by atoms with Crippen molar-refractivity contribution >= 4 is 17.4 Å². The summed E-state index contributed by atoms with van der Waals surface area (Å²) in [5, 5.41) is 3.96. The third-order valence-corrected chi connectivity index (χ3v) is 2.95. The maximum atomic E-state index is 11.9. The van der Waals surface area contributed by atoms with Gasteiger partial charge in [-0.25, -0.2) is 5.43 Å². The molecule has 5 nitrogen and oxygen atoms in total. The SMILES string of the molecule is COc1ccc(C(=O)NN=C(C)CC(=O)C(C)(C)C)cc1. The van der Waals surface area contributed by atoms with Crippen LogP contribution in [0.3, 0.4) is 0 Å². The Morgan fingerprint density at radius 1 is 1.19 bits per heavy atom. The molecule has 0 bridgehead atoms. The molecule has 1 rings (SSSR count). The summed E-state index contributed by atoms with van der Waals surface area (Å²) in [5.74, 6) is 0.449. The van der Waals surface area contributed by atoms with Crippen molar-refractivity contribution in [3.8, 4) is 5.75 Å². The Morgan fingerprint density at radius 2 is 1.76 bits per heavy atom. The molecule has 0 fully saturated rings. The minimum absolute atomic E-state index is 0.0856. The molecule has 0 atom stereocenters. The molecule has 0 heterocycles. The van der Waals surface area contributed by atoms with E-state index in [2.05, 4.69) is 10.5 Å². The average molecular weight is 290 g/mol. The standard InChI is InChI=1S/C16H22N2O3/c1-11(10-14(19)16(2,3)4)17-18-15(20)12-6-8-13(21-5)9-7-12/h6-9H,10H2,1-5H3,(H,18,20). The lowest BCUT2D eigenvalue weighted by Gasteiger charge is -2.16. The van der Waals surface area contributed by atoms with Crippen LogP contribution in [0.1, 0.15) is 44.5 Å². The van der Waals surface area contributed by atoms with Gasteiger partial charge in [-0.2, -0.15) is 5.10 Å². The first kappa shape index (κ1) is 16.9. The zero-order valence-corrected chi connectivity index (χ0v) is 13.2. The van der Waals surface area contributed by atoms with Gasteiger partial charge in [0.1, 0.15) is 11.5 Å². The van der Waals surface area contributed by atoms with Crippen LogP contribution in [0, 0.1) is 5.41 Å². The number of amides is 1. The summed E-state index contributed by atoms with van der Waals surface area (Å²) in [6.45, 7) is 7.30. The van der Waals surface area contributed by atoms with E-state index in [1.165, 1.54) is 0 Å². The smallest absolute Gasteiger partial charge is 0.271 e. The molecule has 1 aromatic rings. The van der Waals surface area contributed by atoms with Gasteiger partial charge in [-0.15, -0.1) is 0 Å². The van der Waals surface area contributed by atoms with Gasteiger partial charge < -0.3 is 4.74 Å². The van der Waals surface area contributed by atoms with E-state index >= 15 is 0 Å². The van der Waals surface area contributed by atoms with Crippen LogP contribution >= 0.6 is 0 Å². The monoisotopic (exact) mass is 290 g/mol. The van der Waals surface area contributed by atoms with E-state index in [4.69, 9.17) is 4.74 Å². The van der Waals surface area contributed by atoms with E-state index in [0.717, 1.165) is 0 Å². The second kappa shape index (κ2) is 7.02. The number of benzene rings is 1. The Labute approximate surface area is 125 Å². The van der Waals surface area contributed by atoms with E-state index in [-0.39, 0.29) is 18.1 Å². The second-order valence-corrected chi connectivity index (χ2v) is 5.87. The van der Waals surface area contributed by atoms with Crippen LogP contribution < -0.4 is 10.2 Å². The van der Waals surface area contributed by atoms with Crippen LogP contribution in [-0.4, -0.2) is 24.5 Å². The van der Waals surface area contributed by atoms with E-state index in [9.17, 15) is 9.59 Å². The molecule has 0 aliphatic heterocycles. The molecule has 0 aromatic heterocycles. The summed E-state index contributed by atoms with van der Waals surface area (Å²) in [4.78, 5) is 23.7. The highest BCUT2D eigenvalue weighted by Gasteiger charge is 2.21. The largest absolute Gasteiger partial charge is 0.497 e. The van der Waals surface area contributed by atoms with E-state index in [1.54, 1.807) is 38.3 Å². The first-order valence-corrected chi connectivity index (χ1v) is 6.75. The molecule has 114 valence electrons. The molecular weight excluding hydrogens is 268 g/mol. The van der Waals surface area contributed by atoms with Gasteiger partial charge in [-0.1, -0.05) is 20.8 Å². The lowest BCUT2D eigenvalue weighted by molar-refractivity contribution is -0.125. The molecule has 0 aliphatic carbocycles. The number of ether oxygens (including phenoxy) is 1. The quantitative estimate of drug-likeness (QED) is 0.669. The minimum atomic E-state index is -0.406. The number of hydrogen-bond acceptors (Lipinski definition) is 4. The molecule has 1 N–H and O–H groups in total. The fraction of sp³-hybridized carbons (Fsp3) is 0.438. The predicted molar refractivity (Wildman–Crippen MR) is 82.6 cm³/mol. The third-order valence-electron chi connectivity index (χ3n) is 2.95. The van der Waals surface area contributed by atoms with Crippen LogP contribution in [0.5, 0.6) is 5.75 Å². The summed E-state index contributed by atoms with van der Waals surface area (Å²) in [6, 6.07) is 6.71. The molecular formula is C16H22N2O3. The number of nitrogens with zero attached hydrogens (tertiary/aromatic N) is 1. The van der Waals surface area contributed by atoms with Crippen LogP contribution in [0.25, 0.3) is 0 Å². The molecule has 0 aliphatic rings. The molecule has 5 heteroatoms. The van der Waals surface area contributed by atoms with Crippen molar-refractivity contribution < 1.29 is 14.3 Å². The zero-order valence-electron chi connectivity index (χ0n) is 13.2. The van der Waals surface area contributed by atoms with Crippen LogP contribution in [0.15, 0.2) is 29.4 Å². The highest BCUT2D eigenvalue weighted by molar-refractivity contribution is 6.03. The van der Waals surface area contributed by atoms with Gasteiger partial charge in [0.2, 0.25) is 0 Å². The minimum Gasteiger partial charge on any atom is -0.497 e. The van der Waals surface area contributed by atoms with Crippen molar-refractivity contribution in [1.82, 2.24) is 5.43 Å². The van der Waals surface area contributed by atoms with E-state index in [1.807, 2.05) is 20.8 Å². The maximum Gasteiger partial charge on any atom is 0.271 e. The number of carbonyl (C=O) groups excluding carboxylic acids is 2. The fourth-order valence-electron chi connectivity index (χ4n) is 1.49. The Kier molecular flexibility index (Phi) is 5.64. The number of hydrazone groups is 1. The molecule has 0 saturated heterocycles. The number of rotatable bonds is 5. The van der Waals surface area contributed by atoms with Gasteiger partial charge in [0, 0.05) is 23.1 Å². The summed E-state index contributed by atoms with van der Waals surface area (Å²) in [7, 11) is 1.56. The van der Waals surface area contributed by atoms with Gasteiger partial charge in [-0.05, 0) is 31.2 Å². The Hall–Kier alpha value is -2.17. The van der Waals surface area contributed by atoms with Gasteiger partial charge in [0.05, 0.1) is 7.11 Å². The highest BCUT2D eigenvalue weighted by atomic mass is 16.5. The number of ketones is 1.